The highest BCUT2D eigenvalue weighted by atomic mass is 16.6. The highest BCUT2D eigenvalue weighted by Crippen LogP contribution is 2.27. The highest BCUT2D eigenvalue weighted by Gasteiger charge is 2.31. The lowest BCUT2D eigenvalue weighted by molar-refractivity contribution is -0.528. The van der Waals surface area contributed by atoms with E-state index < -0.39 is 0 Å². The van der Waals surface area contributed by atoms with Crippen LogP contribution in [0.4, 0.5) is 0 Å². The van der Waals surface area contributed by atoms with E-state index in [1.165, 1.54) is 0 Å². The average molecular weight is 269 g/mol. The maximum absolute atomic E-state index is 11.2. The molecule has 1 saturated carbocycles. The number of nitrogens with zero attached hydrogens (tertiary/aromatic N) is 3. The largest absolute Gasteiger partial charge is 0.340 e. The first kappa shape index (κ1) is 14.2. The molecule has 0 aromatic heterocycles. The van der Waals surface area contributed by atoms with Gasteiger partial charge in [-0.25, -0.2) is 0 Å². The number of amides is 1. The van der Waals surface area contributed by atoms with Crippen molar-refractivity contribution in [1.82, 2.24) is 9.80 Å². The van der Waals surface area contributed by atoms with E-state index in [4.69, 9.17) is 0 Å². The second kappa shape index (κ2) is 6.32. The van der Waals surface area contributed by atoms with Crippen LogP contribution >= 0.6 is 0 Å². The van der Waals surface area contributed by atoms with Gasteiger partial charge in [-0.1, -0.05) is 0 Å². The topological polar surface area (TPSA) is 66.7 Å². The smallest absolute Gasteiger partial charge is 0.219 e. The molecule has 1 amide bonds. The van der Waals surface area contributed by atoms with Crippen molar-refractivity contribution in [3.05, 3.63) is 10.1 Å². The Morgan fingerprint density at radius 2 is 1.95 bits per heavy atom. The molecule has 6 heteroatoms. The quantitative estimate of drug-likeness (QED) is 0.566. The van der Waals surface area contributed by atoms with Gasteiger partial charge in [-0.2, -0.15) is 0 Å². The molecule has 2 fully saturated rings. The van der Waals surface area contributed by atoms with Crippen LogP contribution in [-0.2, 0) is 4.79 Å². The molecule has 6 nitrogen and oxygen atoms in total. The highest BCUT2D eigenvalue weighted by molar-refractivity contribution is 5.73. The van der Waals surface area contributed by atoms with Crippen molar-refractivity contribution in [3.8, 4) is 0 Å². The maximum atomic E-state index is 11.2. The van der Waals surface area contributed by atoms with Crippen molar-refractivity contribution in [2.75, 3.05) is 32.7 Å². The Morgan fingerprint density at radius 1 is 1.26 bits per heavy atom. The Labute approximate surface area is 113 Å². The fraction of sp³-hybridized carbons (Fsp3) is 0.923. The Morgan fingerprint density at radius 3 is 2.53 bits per heavy atom. The van der Waals surface area contributed by atoms with Crippen molar-refractivity contribution in [3.63, 3.8) is 0 Å². The molecule has 2 aliphatic rings. The molecule has 0 radical (unpaired) electrons. The van der Waals surface area contributed by atoms with Crippen LogP contribution in [0.15, 0.2) is 0 Å². The lowest BCUT2D eigenvalue weighted by Gasteiger charge is -2.37. The van der Waals surface area contributed by atoms with E-state index in [1.807, 2.05) is 4.90 Å². The molecule has 0 aromatic rings. The summed E-state index contributed by atoms with van der Waals surface area (Å²) in [6.45, 7) is 5.95. The summed E-state index contributed by atoms with van der Waals surface area (Å²) in [7, 11) is 0. The van der Waals surface area contributed by atoms with Crippen LogP contribution in [0.5, 0.6) is 0 Å². The summed E-state index contributed by atoms with van der Waals surface area (Å²) >= 11 is 0. The lowest BCUT2D eigenvalue weighted by Crippen LogP contribution is -2.49. The molecule has 1 aliphatic carbocycles. The first-order valence-electron chi connectivity index (χ1n) is 7.17. The van der Waals surface area contributed by atoms with Crippen molar-refractivity contribution >= 4 is 5.91 Å². The van der Waals surface area contributed by atoms with Crippen LogP contribution in [-0.4, -0.2) is 59.4 Å². The summed E-state index contributed by atoms with van der Waals surface area (Å²) in [4.78, 5) is 26.2. The normalized spacial score (nSPS) is 29.2. The molecule has 1 saturated heterocycles. The number of rotatable bonds is 3. The fourth-order valence-electron chi connectivity index (χ4n) is 3.23. The average Bonchev–Trinajstić information content (AvgIpc) is 2.39. The lowest BCUT2D eigenvalue weighted by atomic mass is 9.85. The predicted octanol–water partition coefficient (Wildman–Crippen LogP) is 0.986. The summed E-state index contributed by atoms with van der Waals surface area (Å²) < 4.78 is 0. The number of carbonyl (C=O) groups is 1. The van der Waals surface area contributed by atoms with E-state index in [-0.39, 0.29) is 16.9 Å². The summed E-state index contributed by atoms with van der Waals surface area (Å²) in [5.41, 5.74) is 0. The van der Waals surface area contributed by atoms with Gasteiger partial charge in [0.1, 0.15) is 0 Å². The molecular weight excluding hydrogens is 246 g/mol. The molecule has 2 atom stereocenters. The Kier molecular flexibility index (Phi) is 4.74. The van der Waals surface area contributed by atoms with Crippen LogP contribution < -0.4 is 0 Å². The second-order valence-corrected chi connectivity index (χ2v) is 5.78. The third-order valence-electron chi connectivity index (χ3n) is 4.39. The van der Waals surface area contributed by atoms with Gasteiger partial charge in [0.2, 0.25) is 11.9 Å². The van der Waals surface area contributed by atoms with Gasteiger partial charge >= 0.3 is 0 Å². The molecule has 0 bridgehead atoms. The molecule has 0 spiro atoms. The van der Waals surface area contributed by atoms with E-state index in [2.05, 4.69) is 4.90 Å². The van der Waals surface area contributed by atoms with Crippen LogP contribution in [0.3, 0.4) is 0 Å². The molecule has 0 aromatic carbocycles. The van der Waals surface area contributed by atoms with Crippen molar-refractivity contribution < 1.29 is 9.72 Å². The maximum Gasteiger partial charge on any atom is 0.219 e. The summed E-state index contributed by atoms with van der Waals surface area (Å²) in [5, 5.41) is 10.9. The predicted molar refractivity (Wildman–Crippen MR) is 71.4 cm³/mol. The molecular formula is C13H23N3O3. The van der Waals surface area contributed by atoms with Gasteiger partial charge in [0.15, 0.2) is 0 Å². The molecule has 108 valence electrons. The van der Waals surface area contributed by atoms with Crippen LogP contribution in [0.25, 0.3) is 0 Å². The zero-order valence-electron chi connectivity index (χ0n) is 11.6. The molecule has 0 N–H and O–H groups in total. The Balaban J connectivity index is 1.76. The molecule has 1 heterocycles. The minimum absolute atomic E-state index is 0.111. The number of piperazine rings is 1. The van der Waals surface area contributed by atoms with Crippen molar-refractivity contribution in [1.29, 1.82) is 0 Å². The number of hydrogen-bond donors (Lipinski definition) is 0. The minimum atomic E-state index is -0.336. The van der Waals surface area contributed by atoms with Gasteiger partial charge in [0.05, 0.1) is 0 Å². The SMILES string of the molecule is CC(=O)N1CCN(CC2CCCC([N+](=O)[O-])C2)CC1. The van der Waals surface area contributed by atoms with E-state index in [9.17, 15) is 14.9 Å². The van der Waals surface area contributed by atoms with E-state index in [1.54, 1.807) is 6.92 Å². The molecule has 19 heavy (non-hydrogen) atoms. The van der Waals surface area contributed by atoms with Gasteiger partial charge in [0.25, 0.3) is 0 Å². The molecule has 1 aliphatic heterocycles. The van der Waals surface area contributed by atoms with Gasteiger partial charge < -0.3 is 4.90 Å². The first-order chi connectivity index (χ1) is 9.06. The number of hydrogen-bond acceptors (Lipinski definition) is 4. The van der Waals surface area contributed by atoms with E-state index in [0.29, 0.717) is 5.92 Å². The van der Waals surface area contributed by atoms with Crippen LogP contribution in [0.1, 0.15) is 32.6 Å². The third kappa shape index (κ3) is 3.89. The van der Waals surface area contributed by atoms with Gasteiger partial charge in [-0.3, -0.25) is 19.8 Å². The van der Waals surface area contributed by atoms with Crippen molar-refractivity contribution in [2.45, 2.75) is 38.6 Å². The Hall–Kier alpha value is -1.17. The monoisotopic (exact) mass is 269 g/mol. The first-order valence-corrected chi connectivity index (χ1v) is 7.17. The standard InChI is InChI=1S/C13H23N3O3/c1-11(17)15-7-5-14(6-8-15)10-12-3-2-4-13(9-12)16(18)19/h12-13H,2-10H2,1H3. The summed E-state index contributed by atoms with van der Waals surface area (Å²) in [6.07, 6.45) is 3.54. The van der Waals surface area contributed by atoms with Crippen LogP contribution in [0, 0.1) is 16.0 Å². The van der Waals surface area contributed by atoms with Gasteiger partial charge in [0, 0.05) is 57.4 Å². The van der Waals surface area contributed by atoms with Gasteiger partial charge in [-0.05, 0) is 18.8 Å². The zero-order valence-corrected chi connectivity index (χ0v) is 11.6. The summed E-state index contributed by atoms with van der Waals surface area (Å²) in [6, 6.07) is -0.336. The van der Waals surface area contributed by atoms with Gasteiger partial charge in [-0.15, -0.1) is 0 Å². The molecule has 2 rings (SSSR count). The fourth-order valence-corrected chi connectivity index (χ4v) is 3.23. The minimum Gasteiger partial charge on any atom is -0.340 e. The number of carbonyl (C=O) groups excluding carboxylic acids is 1. The van der Waals surface area contributed by atoms with Crippen LogP contribution in [0.2, 0.25) is 0 Å². The summed E-state index contributed by atoms with van der Waals surface area (Å²) in [5.74, 6) is 0.596. The second-order valence-electron chi connectivity index (χ2n) is 5.78. The third-order valence-corrected chi connectivity index (χ3v) is 4.39. The van der Waals surface area contributed by atoms with E-state index >= 15 is 0 Å². The van der Waals surface area contributed by atoms with E-state index in [0.717, 1.165) is 58.4 Å². The molecule has 2 unspecified atom stereocenters. The zero-order chi connectivity index (χ0) is 13.8. The number of nitro groups is 1. The Bertz CT molecular complexity index is 340. The van der Waals surface area contributed by atoms with Crippen molar-refractivity contribution in [2.24, 2.45) is 5.92 Å².